The summed E-state index contributed by atoms with van der Waals surface area (Å²) in [6, 6.07) is 38.8. The van der Waals surface area contributed by atoms with Crippen LogP contribution < -0.4 is 37.7 Å². The van der Waals surface area contributed by atoms with Gasteiger partial charge in [-0.2, -0.15) is 4.37 Å². The van der Waals surface area contributed by atoms with Gasteiger partial charge in [0.15, 0.2) is 9.82 Å². The summed E-state index contributed by atoms with van der Waals surface area (Å²) in [4.78, 5) is 82.2. The Bertz CT molecular complexity index is 5090. The summed E-state index contributed by atoms with van der Waals surface area (Å²) >= 11 is 12.6. The minimum atomic E-state index is -0.439. The number of anilines is 1. The van der Waals surface area contributed by atoms with Crippen LogP contribution in [0.25, 0.3) is 32.7 Å². The van der Waals surface area contributed by atoms with Gasteiger partial charge in [0.05, 0.1) is 51.1 Å². The molecule has 4 aliphatic heterocycles. The number of terminal acetylenes is 1. The molecule has 4 aromatic carbocycles. The first kappa shape index (κ1) is 77.8. The van der Waals surface area contributed by atoms with Crippen LogP contribution in [-0.4, -0.2) is 101 Å². The Morgan fingerprint density at radius 3 is 1.56 bits per heavy atom. The molecule has 530 valence electrons. The van der Waals surface area contributed by atoms with Crippen molar-refractivity contribution in [2.75, 3.05) is 51.9 Å². The minimum absolute atomic E-state index is 0.0259. The number of aromatic nitrogens is 10. The molecule has 25 heteroatoms. The second-order valence-electron chi connectivity index (χ2n) is 23.7. The summed E-state index contributed by atoms with van der Waals surface area (Å²) in [5.41, 5.74) is 17.4. The van der Waals surface area contributed by atoms with Gasteiger partial charge in [-0.1, -0.05) is 92.3 Å². The highest BCUT2D eigenvalue weighted by atomic mass is 79.9. The number of nitrogens with zero attached hydrogens (tertiary/aromatic N) is 12. The molecule has 0 spiro atoms. The lowest BCUT2D eigenvalue weighted by Crippen LogP contribution is -2.28. The van der Waals surface area contributed by atoms with Crippen molar-refractivity contribution in [2.24, 2.45) is 16.5 Å². The van der Waals surface area contributed by atoms with Gasteiger partial charge in [0.2, 0.25) is 5.95 Å². The number of aryl methyl sites for hydroxylation is 2. The van der Waals surface area contributed by atoms with E-state index in [-0.39, 0.29) is 16.7 Å². The lowest BCUT2D eigenvalue weighted by molar-refractivity contribution is 0.0601. The largest absolute Gasteiger partial charge is 0.465 e. The summed E-state index contributed by atoms with van der Waals surface area (Å²) in [6.07, 6.45) is 25.4. The van der Waals surface area contributed by atoms with Crippen molar-refractivity contribution in [1.29, 1.82) is 0 Å². The molecule has 0 atom stereocenters. The van der Waals surface area contributed by atoms with Crippen LogP contribution in [0.15, 0.2) is 174 Å². The number of carbonyl (C=O) groups is 1. The minimum Gasteiger partial charge on any atom is -0.465 e. The van der Waals surface area contributed by atoms with Gasteiger partial charge < -0.3 is 25.8 Å². The molecule has 0 radical (unpaired) electrons. The van der Waals surface area contributed by atoms with E-state index in [1.54, 1.807) is 47.4 Å². The molecule has 0 amide bonds. The number of hydrogen-bond donors (Lipinski definition) is 2. The van der Waals surface area contributed by atoms with Gasteiger partial charge in [0.25, 0.3) is 16.7 Å². The molecule has 0 unspecified atom stereocenters. The van der Waals surface area contributed by atoms with Crippen LogP contribution in [0, 0.1) is 36.0 Å². The summed E-state index contributed by atoms with van der Waals surface area (Å²) < 4.78 is 21.4. The molecule has 20 nitrogen and oxygen atoms in total. The zero-order valence-electron chi connectivity index (χ0n) is 57.4. The maximum absolute atomic E-state index is 12.8. The number of benzene rings is 4. The van der Waals surface area contributed by atoms with Gasteiger partial charge >= 0.3 is 5.97 Å². The average molecular weight is 1570 g/mol. The molecule has 4 aliphatic rings. The van der Waals surface area contributed by atoms with E-state index in [1.165, 1.54) is 47.2 Å². The van der Waals surface area contributed by atoms with Crippen molar-refractivity contribution in [3.63, 3.8) is 0 Å². The van der Waals surface area contributed by atoms with Crippen molar-refractivity contribution in [3.05, 3.63) is 241 Å². The third-order valence-corrected chi connectivity index (χ3v) is 19.4. The third-order valence-electron chi connectivity index (χ3n) is 16.3. The molecule has 11 aromatic rings. The molecule has 11 heterocycles. The Morgan fingerprint density at radius 2 is 1.08 bits per heavy atom. The highest BCUT2D eigenvalue weighted by molar-refractivity contribution is 9.10. The Labute approximate surface area is 627 Å². The van der Waals surface area contributed by atoms with E-state index in [9.17, 15) is 19.2 Å². The molecule has 0 aliphatic carbocycles. The predicted octanol–water partition coefficient (Wildman–Crippen LogP) is 13.4. The van der Waals surface area contributed by atoms with Gasteiger partial charge in [-0.05, 0) is 209 Å². The Hall–Kier alpha value is -9.39. The number of halogens is 3. The molecule has 15 rings (SSSR count). The van der Waals surface area contributed by atoms with Crippen LogP contribution >= 0.6 is 64.3 Å². The number of esters is 1. The summed E-state index contributed by atoms with van der Waals surface area (Å²) in [5, 5.41) is 2.37. The zero-order chi connectivity index (χ0) is 72.7. The predicted molar refractivity (Wildman–Crippen MR) is 419 cm³/mol. The number of pyridine rings is 3. The van der Waals surface area contributed by atoms with Crippen LogP contribution in [0.4, 0.5) is 11.6 Å². The van der Waals surface area contributed by atoms with E-state index in [0.717, 1.165) is 189 Å². The normalized spacial score (nSPS) is 13.4. The molecule has 7 aromatic heterocycles. The number of methoxy groups -OCH3 is 1. The van der Waals surface area contributed by atoms with E-state index in [4.69, 9.17) is 48.9 Å². The first-order valence-corrected chi connectivity index (χ1v) is 38.1. The quantitative estimate of drug-likeness (QED) is 0.0702. The van der Waals surface area contributed by atoms with E-state index >= 15 is 0 Å². The number of fused-ring (bicyclic) bond motifs is 6. The van der Waals surface area contributed by atoms with Crippen molar-refractivity contribution < 1.29 is 14.3 Å². The third kappa shape index (κ3) is 23.1. The SMILES string of the molecule is C#Cc1ccccn1.C1CCOC1.CN1CCCCn2c1nc1cc(C#Cc3ccccn3)ccc1c2=O.COC(=O)c1ccc(Br)cc1N=c1ssnc1Cl.NCCCCN.O=c1c2ccc(Br)cc2nc2n1CCCCC2.O=c1c2ccc(C#Cc3ccccn3)cc2nc2n1CCCCC2. The van der Waals surface area contributed by atoms with E-state index in [2.05, 4.69) is 95.7 Å². The number of carbonyl (C=O) groups excluding carboxylic acids is 1. The summed E-state index contributed by atoms with van der Waals surface area (Å²) in [7, 11) is 5.91. The number of hydrogen-bond acceptors (Lipinski definition) is 19. The van der Waals surface area contributed by atoms with Crippen LogP contribution in [0.5, 0.6) is 0 Å². The summed E-state index contributed by atoms with van der Waals surface area (Å²) in [5.74, 6) is 16.8. The van der Waals surface area contributed by atoms with Crippen LogP contribution in [-0.2, 0) is 41.9 Å². The lowest BCUT2D eigenvalue weighted by Gasteiger charge is -2.18. The van der Waals surface area contributed by atoms with Crippen LogP contribution in [0.1, 0.15) is 127 Å². The van der Waals surface area contributed by atoms with Gasteiger partial charge in [-0.15, -0.1) is 6.42 Å². The first-order valence-electron chi connectivity index (χ1n) is 34.0. The smallest absolute Gasteiger partial charge is 0.340 e. The highest BCUT2D eigenvalue weighted by Gasteiger charge is 2.19. The molecule has 4 N–H and O–H groups in total. The number of rotatable bonds is 5. The second-order valence-corrected chi connectivity index (χ2v) is 27.7. The molecule has 1 fully saturated rings. The maximum atomic E-state index is 12.8. The Kier molecular flexibility index (Phi) is 31.0. The van der Waals surface area contributed by atoms with E-state index < -0.39 is 5.97 Å². The van der Waals surface area contributed by atoms with Gasteiger partial charge in [-0.3, -0.25) is 28.1 Å². The number of unbranched alkanes of at least 4 members (excludes halogenated alkanes) is 1. The van der Waals surface area contributed by atoms with Crippen LogP contribution in [0.2, 0.25) is 5.15 Å². The van der Waals surface area contributed by atoms with Gasteiger partial charge in [-0.25, -0.2) is 39.7 Å². The van der Waals surface area contributed by atoms with E-state index in [1.807, 2.05) is 119 Å². The zero-order valence-corrected chi connectivity index (χ0v) is 63.0. The second kappa shape index (κ2) is 41.0. The molecule has 0 bridgehead atoms. The van der Waals surface area contributed by atoms with Gasteiger partial charge in [0, 0.05) is 108 Å². The fourth-order valence-electron chi connectivity index (χ4n) is 11.0. The fourth-order valence-corrected chi connectivity index (χ4v) is 13.7. The fraction of sp³-hybridized carbons (Fsp3) is 0.308. The van der Waals surface area contributed by atoms with Crippen molar-refractivity contribution in [1.82, 2.24) is 48.0 Å². The topological polar surface area (TPSA) is 259 Å². The lowest BCUT2D eigenvalue weighted by atomic mass is 10.1. The first-order chi connectivity index (χ1) is 50.2. The van der Waals surface area contributed by atoms with E-state index in [0.29, 0.717) is 43.1 Å². The molecular weight excluding hydrogens is 1490 g/mol. The standard InChI is InChI=1S/C20H18N4O.C20H17N3O.C13H13BrN2O.C10H6BrClN2O2S2.C7H5N.C4H12N2.C4H8O/c1-23-12-4-5-13-24-19(25)17-10-8-15(14-18(17)22-20(23)24)7-9-16-6-2-3-11-21-16;24-20-17-11-9-15(8-10-16-6-3-4-12-21-16)14-18(17)22-19-7-2-1-5-13-23(19)20;14-9-5-6-10-11(8-9)15-12-4-2-1-3-7-16(12)13(10)17;1-16-10(15)6-3-2-5(11)4-7(6)13-9-8(12)14-18-17-9;1-2-7-5-3-4-6-8-7;5-3-1-2-4-6;1-2-4-5-3-1/h2-3,6,8,10-11,14H,4-5,12-13H2,1H3;3-4,6,9,11-12,14H,1-2,5,7,13H2;5-6,8H,1-4,7H2;2-4H,1H3;1,3-6H;1-6H2;1-4H2. The molecular formula is C78H79Br2ClN14O6S2. The number of nitrogens with two attached hydrogens (primary N) is 2. The summed E-state index contributed by atoms with van der Waals surface area (Å²) in [6.45, 7) is 6.78. The maximum Gasteiger partial charge on any atom is 0.340 e. The average Bonchev–Trinajstić information content (AvgIpc) is 1.29. The Morgan fingerprint density at radius 1 is 0.592 bits per heavy atom. The van der Waals surface area contributed by atoms with Crippen LogP contribution in [0.3, 0.4) is 0 Å². The van der Waals surface area contributed by atoms with Crippen molar-refractivity contribution >= 4 is 115 Å². The van der Waals surface area contributed by atoms with Gasteiger partial charge in [0.1, 0.15) is 28.7 Å². The Balaban J connectivity index is 0.000000148. The number of ether oxygens (including phenoxy) is 2. The monoisotopic (exact) mass is 1560 g/mol. The molecule has 103 heavy (non-hydrogen) atoms. The highest BCUT2D eigenvalue weighted by Crippen LogP contribution is 2.26. The van der Waals surface area contributed by atoms with Crippen molar-refractivity contribution in [2.45, 2.75) is 110 Å². The van der Waals surface area contributed by atoms with Crippen molar-refractivity contribution in [3.8, 4) is 36.0 Å². The molecule has 0 saturated carbocycles. The molecule has 1 saturated heterocycles.